The predicted molar refractivity (Wildman–Crippen MR) is 94.9 cm³/mol. The lowest BCUT2D eigenvalue weighted by molar-refractivity contribution is 0.250. The molecule has 132 valence electrons. The standard InChI is InChI=1S/C19H19ClF2N2O/c1-18(2)10-19(18,15-7-6-13(21)9-16(15)22)11-23-17(25)24-14-5-3-4-12(20)8-14/h3-9H,10-11H2,1-2H3,(H2,23,24,25). The maximum atomic E-state index is 14.3. The molecular formula is C19H19ClF2N2O. The molecule has 0 aliphatic heterocycles. The van der Waals surface area contributed by atoms with Crippen LogP contribution in [0.5, 0.6) is 0 Å². The van der Waals surface area contributed by atoms with E-state index in [-0.39, 0.29) is 12.0 Å². The highest BCUT2D eigenvalue weighted by Crippen LogP contribution is 2.64. The number of nitrogens with one attached hydrogen (secondary N) is 2. The van der Waals surface area contributed by atoms with Crippen molar-refractivity contribution in [1.82, 2.24) is 5.32 Å². The summed E-state index contributed by atoms with van der Waals surface area (Å²) in [7, 11) is 0. The molecule has 0 aromatic heterocycles. The fourth-order valence-corrected chi connectivity index (χ4v) is 3.61. The van der Waals surface area contributed by atoms with Crippen LogP contribution in [-0.4, -0.2) is 12.6 Å². The van der Waals surface area contributed by atoms with Crippen molar-refractivity contribution in [3.63, 3.8) is 0 Å². The van der Waals surface area contributed by atoms with Gasteiger partial charge in [-0.25, -0.2) is 13.6 Å². The molecular weight excluding hydrogens is 346 g/mol. The third kappa shape index (κ3) is 3.47. The predicted octanol–water partition coefficient (Wildman–Crippen LogP) is 5.11. The van der Waals surface area contributed by atoms with Crippen LogP contribution in [-0.2, 0) is 5.41 Å². The average molecular weight is 365 g/mol. The molecule has 3 nitrogen and oxygen atoms in total. The minimum absolute atomic E-state index is 0.186. The summed E-state index contributed by atoms with van der Waals surface area (Å²) in [5.74, 6) is -1.19. The van der Waals surface area contributed by atoms with Crippen molar-refractivity contribution in [3.05, 3.63) is 64.7 Å². The minimum atomic E-state index is -0.610. The maximum absolute atomic E-state index is 14.3. The van der Waals surface area contributed by atoms with Crippen LogP contribution in [0.25, 0.3) is 0 Å². The van der Waals surface area contributed by atoms with Gasteiger partial charge in [-0.3, -0.25) is 0 Å². The summed E-state index contributed by atoms with van der Waals surface area (Å²) < 4.78 is 27.5. The molecule has 2 aromatic carbocycles. The SMILES string of the molecule is CC1(C)CC1(CNC(=O)Nc1cccc(Cl)c1)c1ccc(F)cc1F. The molecule has 0 bridgehead atoms. The third-order valence-electron chi connectivity index (χ3n) is 4.99. The summed E-state index contributed by atoms with van der Waals surface area (Å²) >= 11 is 5.89. The van der Waals surface area contributed by atoms with Crippen LogP contribution in [0.2, 0.25) is 5.02 Å². The van der Waals surface area contributed by atoms with Crippen LogP contribution in [0, 0.1) is 17.0 Å². The van der Waals surface area contributed by atoms with E-state index in [9.17, 15) is 13.6 Å². The molecule has 0 radical (unpaired) electrons. The molecule has 25 heavy (non-hydrogen) atoms. The van der Waals surface area contributed by atoms with Crippen molar-refractivity contribution < 1.29 is 13.6 Å². The number of amides is 2. The number of hydrogen-bond donors (Lipinski definition) is 2. The number of benzene rings is 2. The Labute approximate surface area is 150 Å². The van der Waals surface area contributed by atoms with E-state index in [1.165, 1.54) is 12.1 Å². The van der Waals surface area contributed by atoms with Gasteiger partial charge in [0.2, 0.25) is 0 Å². The highest BCUT2D eigenvalue weighted by molar-refractivity contribution is 6.30. The number of urea groups is 1. The first kappa shape index (κ1) is 17.7. The van der Waals surface area contributed by atoms with Crippen LogP contribution < -0.4 is 10.6 Å². The summed E-state index contributed by atoms with van der Waals surface area (Å²) in [5, 5.41) is 6.01. The molecule has 0 saturated heterocycles. The lowest BCUT2D eigenvalue weighted by Crippen LogP contribution is -2.37. The number of carbonyl (C=O) groups is 1. The number of halogens is 3. The first-order valence-electron chi connectivity index (χ1n) is 7.99. The van der Waals surface area contributed by atoms with E-state index in [4.69, 9.17) is 11.6 Å². The summed E-state index contributed by atoms with van der Waals surface area (Å²) in [5.41, 5.74) is 0.273. The van der Waals surface area contributed by atoms with Crippen LogP contribution in [0.1, 0.15) is 25.8 Å². The Bertz CT molecular complexity index is 825. The van der Waals surface area contributed by atoms with E-state index in [1.807, 2.05) is 13.8 Å². The monoisotopic (exact) mass is 364 g/mol. The van der Waals surface area contributed by atoms with Crippen LogP contribution in [0.15, 0.2) is 42.5 Å². The molecule has 0 spiro atoms. The second-order valence-electron chi connectivity index (χ2n) is 7.08. The van der Waals surface area contributed by atoms with Gasteiger partial charge in [0.15, 0.2) is 0 Å². The number of rotatable bonds is 4. The average Bonchev–Trinajstić information content (AvgIpc) is 3.07. The molecule has 1 saturated carbocycles. The number of hydrogen-bond acceptors (Lipinski definition) is 1. The fourth-order valence-electron chi connectivity index (χ4n) is 3.42. The normalized spacial score (nSPS) is 20.8. The molecule has 0 heterocycles. The van der Waals surface area contributed by atoms with Gasteiger partial charge in [0.1, 0.15) is 11.6 Å². The minimum Gasteiger partial charge on any atom is -0.337 e. The van der Waals surface area contributed by atoms with Crippen molar-refractivity contribution >= 4 is 23.3 Å². The Hall–Kier alpha value is -2.14. The molecule has 2 aromatic rings. The molecule has 1 atom stereocenters. The van der Waals surface area contributed by atoms with Gasteiger partial charge in [-0.05, 0) is 41.7 Å². The van der Waals surface area contributed by atoms with E-state index in [1.54, 1.807) is 24.3 Å². The van der Waals surface area contributed by atoms with E-state index < -0.39 is 23.1 Å². The van der Waals surface area contributed by atoms with E-state index in [2.05, 4.69) is 10.6 Å². The van der Waals surface area contributed by atoms with Crippen LogP contribution >= 0.6 is 11.6 Å². The van der Waals surface area contributed by atoms with Gasteiger partial charge in [0, 0.05) is 28.7 Å². The highest BCUT2D eigenvalue weighted by Gasteiger charge is 2.62. The Morgan fingerprint density at radius 2 is 1.92 bits per heavy atom. The van der Waals surface area contributed by atoms with E-state index in [0.717, 1.165) is 6.07 Å². The van der Waals surface area contributed by atoms with Crippen molar-refractivity contribution in [2.45, 2.75) is 25.7 Å². The first-order valence-corrected chi connectivity index (χ1v) is 8.37. The largest absolute Gasteiger partial charge is 0.337 e. The van der Waals surface area contributed by atoms with Gasteiger partial charge in [-0.15, -0.1) is 0 Å². The highest BCUT2D eigenvalue weighted by atomic mass is 35.5. The lowest BCUT2D eigenvalue weighted by atomic mass is 9.87. The van der Waals surface area contributed by atoms with Gasteiger partial charge in [-0.2, -0.15) is 0 Å². The van der Waals surface area contributed by atoms with Crippen molar-refractivity contribution in [3.8, 4) is 0 Å². The zero-order chi connectivity index (χ0) is 18.2. The van der Waals surface area contributed by atoms with E-state index in [0.29, 0.717) is 22.7 Å². The van der Waals surface area contributed by atoms with Crippen LogP contribution in [0.4, 0.5) is 19.3 Å². The zero-order valence-electron chi connectivity index (χ0n) is 14.0. The summed E-state index contributed by atoms with van der Waals surface area (Å²) in [6.45, 7) is 4.27. The first-order chi connectivity index (χ1) is 11.7. The number of carbonyl (C=O) groups excluding carboxylic acids is 1. The molecule has 1 fully saturated rings. The van der Waals surface area contributed by atoms with Crippen molar-refractivity contribution in [2.75, 3.05) is 11.9 Å². The molecule has 2 N–H and O–H groups in total. The quantitative estimate of drug-likeness (QED) is 0.777. The number of anilines is 1. The third-order valence-corrected chi connectivity index (χ3v) is 5.23. The fraction of sp³-hybridized carbons (Fsp3) is 0.316. The summed E-state index contributed by atoms with van der Waals surface area (Å²) in [6, 6.07) is 10.0. The lowest BCUT2D eigenvalue weighted by Gasteiger charge is -2.22. The zero-order valence-corrected chi connectivity index (χ0v) is 14.8. The van der Waals surface area contributed by atoms with Gasteiger partial charge >= 0.3 is 6.03 Å². The van der Waals surface area contributed by atoms with Gasteiger partial charge in [0.25, 0.3) is 0 Å². The second kappa shape index (κ2) is 6.30. The van der Waals surface area contributed by atoms with Crippen molar-refractivity contribution in [1.29, 1.82) is 0 Å². The molecule has 3 rings (SSSR count). The molecule has 2 amide bonds. The maximum Gasteiger partial charge on any atom is 0.319 e. The summed E-state index contributed by atoms with van der Waals surface area (Å²) in [6.07, 6.45) is 0.708. The molecule has 1 aliphatic carbocycles. The van der Waals surface area contributed by atoms with E-state index >= 15 is 0 Å². The second-order valence-corrected chi connectivity index (χ2v) is 7.52. The van der Waals surface area contributed by atoms with Gasteiger partial charge in [-0.1, -0.05) is 37.6 Å². The van der Waals surface area contributed by atoms with Crippen LogP contribution in [0.3, 0.4) is 0 Å². The Morgan fingerprint density at radius 1 is 1.20 bits per heavy atom. The molecule has 1 unspecified atom stereocenters. The van der Waals surface area contributed by atoms with Crippen molar-refractivity contribution in [2.24, 2.45) is 5.41 Å². The molecule has 6 heteroatoms. The Kier molecular flexibility index (Phi) is 4.45. The van der Waals surface area contributed by atoms with Gasteiger partial charge in [0.05, 0.1) is 0 Å². The Balaban J connectivity index is 1.72. The topological polar surface area (TPSA) is 41.1 Å². The van der Waals surface area contributed by atoms with Gasteiger partial charge < -0.3 is 10.6 Å². The Morgan fingerprint density at radius 3 is 2.52 bits per heavy atom. The smallest absolute Gasteiger partial charge is 0.319 e. The summed E-state index contributed by atoms with van der Waals surface area (Å²) in [4.78, 5) is 12.2. The molecule has 1 aliphatic rings.